The van der Waals surface area contributed by atoms with E-state index in [-0.39, 0.29) is 25.7 Å². The summed E-state index contributed by atoms with van der Waals surface area (Å²) in [6, 6.07) is 0. The average molecular weight is 1470 g/mol. The second kappa shape index (κ2) is 74.7. The molecular formula is C83H142O17P2. The van der Waals surface area contributed by atoms with E-state index in [1.165, 1.54) is 122 Å². The molecule has 2 unspecified atom stereocenters. The number of hydrogen-bond donors (Lipinski definition) is 3. The van der Waals surface area contributed by atoms with E-state index >= 15 is 0 Å². The molecule has 0 aromatic heterocycles. The van der Waals surface area contributed by atoms with Gasteiger partial charge in [-0.25, -0.2) is 9.13 Å². The number of phosphoric acid groups is 2. The lowest BCUT2D eigenvalue weighted by atomic mass is 10.0. The maximum absolute atomic E-state index is 13.1. The Hall–Kier alpha value is -4.54. The van der Waals surface area contributed by atoms with Crippen molar-refractivity contribution in [3.05, 3.63) is 122 Å². The fraction of sp³-hybridized carbons (Fsp3) is 0.711. The van der Waals surface area contributed by atoms with Crippen LogP contribution in [0.5, 0.6) is 0 Å². The van der Waals surface area contributed by atoms with E-state index in [0.29, 0.717) is 38.5 Å². The molecule has 0 rings (SSSR count). The van der Waals surface area contributed by atoms with Crippen molar-refractivity contribution in [2.24, 2.45) is 0 Å². The van der Waals surface area contributed by atoms with Crippen LogP contribution >= 0.6 is 15.6 Å². The second-order valence-electron chi connectivity index (χ2n) is 26.3. The Morgan fingerprint density at radius 1 is 0.284 bits per heavy atom. The Morgan fingerprint density at radius 3 is 0.873 bits per heavy atom. The average Bonchev–Trinajstić information content (AvgIpc) is 0.951. The van der Waals surface area contributed by atoms with E-state index in [0.717, 1.165) is 109 Å². The predicted molar refractivity (Wildman–Crippen MR) is 418 cm³/mol. The van der Waals surface area contributed by atoms with Gasteiger partial charge < -0.3 is 33.8 Å². The summed E-state index contributed by atoms with van der Waals surface area (Å²) in [7, 11) is -9.99. The first kappa shape index (κ1) is 97.5. The van der Waals surface area contributed by atoms with Gasteiger partial charge in [0, 0.05) is 25.7 Å². The first-order valence-electron chi connectivity index (χ1n) is 39.8. The number of carbonyl (C=O) groups is 4. The first-order valence-corrected chi connectivity index (χ1v) is 42.8. The zero-order valence-electron chi connectivity index (χ0n) is 64.0. The third kappa shape index (κ3) is 73.8. The van der Waals surface area contributed by atoms with Gasteiger partial charge in [-0.1, -0.05) is 290 Å². The maximum atomic E-state index is 13.1. The molecule has 0 bridgehead atoms. The number of unbranched alkanes of at least 4 members (excludes halogenated alkanes) is 29. The normalized spacial score (nSPS) is 14.5. The van der Waals surface area contributed by atoms with E-state index in [1.54, 1.807) is 0 Å². The molecular weight excluding hydrogens is 1330 g/mol. The number of allylic oxidation sites excluding steroid dienone is 20. The Labute approximate surface area is 619 Å². The van der Waals surface area contributed by atoms with Crippen LogP contribution < -0.4 is 0 Å². The monoisotopic (exact) mass is 1470 g/mol. The molecule has 0 radical (unpaired) electrons. The topological polar surface area (TPSA) is 237 Å². The maximum Gasteiger partial charge on any atom is 0.472 e. The SMILES string of the molecule is CCCCC/C=C\C/C=C\C/C=C\C/C=C\CCCC(=O)OC[C@H](COP(=O)(O)OC[C@H](O)COP(=O)(O)OC[C@@H](COC(=O)CCCCCCCCCCCCCCC)OC(=O)CCC/C=C\C/C=C\C/C=C\C/C=C\CCCCC)OC(=O)CCCCCCC/C=C\C=C/CCCCCC. The lowest BCUT2D eigenvalue weighted by molar-refractivity contribution is -0.161. The van der Waals surface area contributed by atoms with Crippen LogP contribution in [-0.2, 0) is 65.4 Å². The van der Waals surface area contributed by atoms with Crippen LogP contribution in [0.3, 0.4) is 0 Å². The number of phosphoric ester groups is 2. The minimum Gasteiger partial charge on any atom is -0.462 e. The van der Waals surface area contributed by atoms with Gasteiger partial charge in [-0.05, 0) is 128 Å². The van der Waals surface area contributed by atoms with Crippen molar-refractivity contribution in [1.29, 1.82) is 0 Å². The fourth-order valence-corrected chi connectivity index (χ4v) is 11.9. The minimum atomic E-state index is -5.00. The van der Waals surface area contributed by atoms with Crippen molar-refractivity contribution in [1.82, 2.24) is 0 Å². The molecule has 0 heterocycles. The Balaban J connectivity index is 5.47. The number of aliphatic hydroxyl groups excluding tert-OH is 1. The van der Waals surface area contributed by atoms with Gasteiger partial charge in [0.2, 0.25) is 0 Å². The number of aliphatic hydroxyl groups is 1. The fourth-order valence-electron chi connectivity index (χ4n) is 10.3. The molecule has 102 heavy (non-hydrogen) atoms. The van der Waals surface area contributed by atoms with Crippen LogP contribution in [0.1, 0.15) is 323 Å². The third-order valence-electron chi connectivity index (χ3n) is 16.4. The van der Waals surface area contributed by atoms with Crippen LogP contribution in [0.2, 0.25) is 0 Å². The van der Waals surface area contributed by atoms with Crippen molar-refractivity contribution in [2.45, 2.75) is 341 Å². The summed E-state index contributed by atoms with van der Waals surface area (Å²) in [4.78, 5) is 72.9. The second-order valence-corrected chi connectivity index (χ2v) is 29.2. The molecule has 0 amide bonds. The third-order valence-corrected chi connectivity index (χ3v) is 18.3. The van der Waals surface area contributed by atoms with Crippen molar-refractivity contribution < 1.29 is 80.2 Å². The number of hydrogen-bond acceptors (Lipinski definition) is 15. The molecule has 0 aliphatic carbocycles. The summed E-state index contributed by atoms with van der Waals surface area (Å²) < 4.78 is 68.4. The first-order chi connectivity index (χ1) is 49.7. The zero-order valence-corrected chi connectivity index (χ0v) is 65.8. The summed E-state index contributed by atoms with van der Waals surface area (Å²) in [6.07, 6.45) is 81.9. The van der Waals surface area contributed by atoms with Crippen molar-refractivity contribution in [3.8, 4) is 0 Å². The van der Waals surface area contributed by atoms with Crippen molar-refractivity contribution >= 4 is 39.5 Å². The summed E-state index contributed by atoms with van der Waals surface area (Å²) in [5.41, 5.74) is 0. The van der Waals surface area contributed by atoms with Gasteiger partial charge in [-0.2, -0.15) is 0 Å². The molecule has 0 saturated carbocycles. The summed E-state index contributed by atoms with van der Waals surface area (Å²) in [6.45, 7) is 4.67. The molecule has 0 aliphatic rings. The van der Waals surface area contributed by atoms with Crippen molar-refractivity contribution in [3.63, 3.8) is 0 Å². The lowest BCUT2D eigenvalue weighted by Gasteiger charge is -2.21. The number of ether oxygens (including phenoxy) is 4. The molecule has 0 spiro atoms. The molecule has 0 saturated heterocycles. The predicted octanol–water partition coefficient (Wildman–Crippen LogP) is 23.1. The highest BCUT2D eigenvalue weighted by atomic mass is 31.2. The van der Waals surface area contributed by atoms with E-state index in [4.69, 9.17) is 37.0 Å². The van der Waals surface area contributed by atoms with E-state index < -0.39 is 97.5 Å². The van der Waals surface area contributed by atoms with Gasteiger partial charge in [0.1, 0.15) is 19.3 Å². The molecule has 0 aliphatic heterocycles. The van der Waals surface area contributed by atoms with E-state index in [9.17, 15) is 43.2 Å². The van der Waals surface area contributed by atoms with Gasteiger partial charge in [0.25, 0.3) is 0 Å². The lowest BCUT2D eigenvalue weighted by Crippen LogP contribution is -2.30. The highest BCUT2D eigenvalue weighted by molar-refractivity contribution is 7.47. The molecule has 586 valence electrons. The van der Waals surface area contributed by atoms with Crippen LogP contribution in [0, 0.1) is 0 Å². The molecule has 19 heteroatoms. The largest absolute Gasteiger partial charge is 0.472 e. The van der Waals surface area contributed by atoms with Gasteiger partial charge >= 0.3 is 39.5 Å². The Morgan fingerprint density at radius 2 is 0.520 bits per heavy atom. The summed E-state index contributed by atoms with van der Waals surface area (Å²) >= 11 is 0. The van der Waals surface area contributed by atoms with Gasteiger partial charge in [0.05, 0.1) is 26.4 Å². The molecule has 0 fully saturated rings. The minimum absolute atomic E-state index is 0.0176. The molecule has 0 aromatic rings. The van der Waals surface area contributed by atoms with Crippen LogP contribution in [0.4, 0.5) is 0 Å². The van der Waals surface area contributed by atoms with Gasteiger partial charge in [-0.15, -0.1) is 0 Å². The molecule has 3 N–H and O–H groups in total. The quantitative estimate of drug-likeness (QED) is 0.0128. The Bertz CT molecular complexity index is 2410. The molecule has 17 nitrogen and oxygen atoms in total. The van der Waals surface area contributed by atoms with Crippen LogP contribution in [0.15, 0.2) is 122 Å². The van der Waals surface area contributed by atoms with E-state index in [1.807, 2.05) is 24.3 Å². The smallest absolute Gasteiger partial charge is 0.462 e. The van der Waals surface area contributed by atoms with Gasteiger partial charge in [0.15, 0.2) is 12.2 Å². The number of carbonyl (C=O) groups excluding carboxylic acids is 4. The summed E-state index contributed by atoms with van der Waals surface area (Å²) in [5, 5.41) is 10.6. The molecule has 5 atom stereocenters. The Kier molecular flexibility index (Phi) is 71.4. The van der Waals surface area contributed by atoms with Gasteiger partial charge in [-0.3, -0.25) is 37.3 Å². The van der Waals surface area contributed by atoms with E-state index in [2.05, 4.69) is 125 Å². The van der Waals surface area contributed by atoms with Crippen molar-refractivity contribution in [2.75, 3.05) is 39.6 Å². The molecule has 0 aromatic carbocycles. The highest BCUT2D eigenvalue weighted by Gasteiger charge is 2.30. The zero-order chi connectivity index (χ0) is 74.6. The number of rotatable bonds is 74. The standard InChI is InChI=1S/C83H142O17P2/c1-5-9-13-17-21-25-29-33-36-38-41-44-48-52-56-60-64-68-81(86)94-74-79(99-82(87)69-65-61-57-53-49-45-40-35-31-27-23-19-15-11-7-3)76-98-102(91,92)96-72-77(84)71-95-101(89,90)97-75-78(73-93-80(85)67-63-59-55-51-47-43-32-28-24-20-16-12-8-4)100-83(88)70-66-62-58-54-50-46-42-39-37-34-30-26-22-18-14-10-6-2/h21-22,25-27,31,33-37,40-42,44,46,52,54,56,58,77-79,84H,5-20,23-24,28-30,32,38-39,43,45,47-51,53,55,57,59-76H2,1-4H3,(H,89,90)(H,91,92)/b25-21-,26-22-,31-27-,36-33-,37-34-,40-35-,44-41-,46-42-,56-52-,58-54-/t77-,78-,79-/m1/s1. The van der Waals surface area contributed by atoms with Crippen LogP contribution in [0.25, 0.3) is 0 Å². The number of esters is 4. The van der Waals surface area contributed by atoms with Crippen LogP contribution in [-0.4, -0.2) is 96.7 Å². The summed E-state index contributed by atoms with van der Waals surface area (Å²) in [5.74, 6) is -2.32. The highest BCUT2D eigenvalue weighted by Crippen LogP contribution is 2.45.